The molecule has 0 aromatic rings. The van der Waals surface area contributed by atoms with E-state index < -0.39 is 11.7 Å². The maximum atomic E-state index is 11.4. The third kappa shape index (κ3) is 3.70. The minimum Gasteiger partial charge on any atom is -0.442 e. The molecule has 0 N–H and O–H groups in total. The van der Waals surface area contributed by atoms with Crippen molar-refractivity contribution in [3.8, 4) is 6.07 Å². The summed E-state index contributed by atoms with van der Waals surface area (Å²) in [4.78, 5) is 15.2. The highest BCUT2D eigenvalue weighted by molar-refractivity contribution is 5.97. The van der Waals surface area contributed by atoms with Gasteiger partial charge in [-0.05, 0) is 40.0 Å². The van der Waals surface area contributed by atoms with Gasteiger partial charge in [-0.3, -0.25) is 0 Å². The SMILES string of the molecule is CC(C)(C)OC(=O)N=C1CCC[C@@H]1C#N. The molecule has 4 nitrogen and oxygen atoms in total. The molecule has 4 heteroatoms. The number of hydrogen-bond acceptors (Lipinski definition) is 3. The Morgan fingerprint density at radius 1 is 1.60 bits per heavy atom. The lowest BCUT2D eigenvalue weighted by Crippen LogP contribution is -2.23. The van der Waals surface area contributed by atoms with Gasteiger partial charge in [0, 0.05) is 5.71 Å². The second kappa shape index (κ2) is 4.43. The number of nitriles is 1. The van der Waals surface area contributed by atoms with Crippen molar-refractivity contribution >= 4 is 11.8 Å². The molecule has 82 valence electrons. The fourth-order valence-electron chi connectivity index (χ4n) is 1.50. The first-order valence-electron chi connectivity index (χ1n) is 5.12. The van der Waals surface area contributed by atoms with Crippen LogP contribution in [0.1, 0.15) is 40.0 Å². The summed E-state index contributed by atoms with van der Waals surface area (Å²) in [7, 11) is 0. The highest BCUT2D eigenvalue weighted by Crippen LogP contribution is 2.22. The van der Waals surface area contributed by atoms with Crippen LogP contribution in [0.25, 0.3) is 0 Å². The topological polar surface area (TPSA) is 62.4 Å². The lowest BCUT2D eigenvalue weighted by Gasteiger charge is -2.17. The zero-order valence-corrected chi connectivity index (χ0v) is 9.41. The summed E-state index contributed by atoms with van der Waals surface area (Å²) >= 11 is 0. The number of rotatable bonds is 0. The van der Waals surface area contributed by atoms with Crippen molar-refractivity contribution in [3.05, 3.63) is 0 Å². The van der Waals surface area contributed by atoms with E-state index in [2.05, 4.69) is 11.1 Å². The first kappa shape index (κ1) is 11.7. The van der Waals surface area contributed by atoms with Crippen LogP contribution in [0.2, 0.25) is 0 Å². The zero-order chi connectivity index (χ0) is 11.5. The minimum atomic E-state index is -0.584. The summed E-state index contributed by atoms with van der Waals surface area (Å²) in [5.74, 6) is -0.197. The van der Waals surface area contributed by atoms with Crippen molar-refractivity contribution < 1.29 is 9.53 Å². The summed E-state index contributed by atoms with van der Waals surface area (Å²) < 4.78 is 5.06. The van der Waals surface area contributed by atoms with E-state index in [4.69, 9.17) is 10.00 Å². The van der Waals surface area contributed by atoms with Gasteiger partial charge in [-0.25, -0.2) is 4.79 Å². The number of ether oxygens (including phenoxy) is 1. The van der Waals surface area contributed by atoms with Gasteiger partial charge in [0.15, 0.2) is 0 Å². The Morgan fingerprint density at radius 2 is 2.27 bits per heavy atom. The molecule has 0 spiro atoms. The van der Waals surface area contributed by atoms with Crippen molar-refractivity contribution in [2.24, 2.45) is 10.9 Å². The van der Waals surface area contributed by atoms with Crippen molar-refractivity contribution in [1.82, 2.24) is 0 Å². The van der Waals surface area contributed by atoms with E-state index in [-0.39, 0.29) is 5.92 Å². The van der Waals surface area contributed by atoms with Crippen molar-refractivity contribution in [2.75, 3.05) is 0 Å². The highest BCUT2D eigenvalue weighted by atomic mass is 16.6. The normalized spacial score (nSPS) is 23.9. The summed E-state index contributed by atoms with van der Waals surface area (Å²) in [6, 6.07) is 2.14. The van der Waals surface area contributed by atoms with Crippen LogP contribution in [0.3, 0.4) is 0 Å². The molecule has 1 amide bonds. The van der Waals surface area contributed by atoms with Crippen molar-refractivity contribution in [1.29, 1.82) is 5.26 Å². The molecule has 0 radical (unpaired) electrons. The molecule has 0 aliphatic heterocycles. The average molecular weight is 208 g/mol. The monoisotopic (exact) mass is 208 g/mol. The molecule has 0 bridgehead atoms. The predicted molar refractivity (Wildman–Crippen MR) is 56.6 cm³/mol. The number of carbonyl (C=O) groups excluding carboxylic acids is 1. The van der Waals surface area contributed by atoms with E-state index >= 15 is 0 Å². The Kier molecular flexibility index (Phi) is 3.46. The van der Waals surface area contributed by atoms with Gasteiger partial charge in [-0.2, -0.15) is 10.3 Å². The molecule has 15 heavy (non-hydrogen) atoms. The molecule has 1 saturated carbocycles. The van der Waals surface area contributed by atoms with Crippen LogP contribution < -0.4 is 0 Å². The van der Waals surface area contributed by atoms with Gasteiger partial charge < -0.3 is 4.74 Å². The molecule has 1 aliphatic carbocycles. The second-order valence-corrected chi connectivity index (χ2v) is 4.66. The lowest BCUT2D eigenvalue weighted by atomic mass is 10.1. The Morgan fingerprint density at radius 3 is 2.80 bits per heavy atom. The maximum Gasteiger partial charge on any atom is 0.434 e. The van der Waals surface area contributed by atoms with Crippen LogP contribution in [0.15, 0.2) is 4.99 Å². The molecule has 0 unspecified atom stereocenters. The summed E-state index contributed by atoms with van der Waals surface area (Å²) in [5.41, 5.74) is 0.147. The van der Waals surface area contributed by atoms with Crippen LogP contribution in [-0.4, -0.2) is 17.4 Å². The number of aliphatic imine (C=N–C) groups is 1. The van der Waals surface area contributed by atoms with Gasteiger partial charge in [0.1, 0.15) is 5.60 Å². The first-order valence-corrected chi connectivity index (χ1v) is 5.12. The van der Waals surface area contributed by atoms with Gasteiger partial charge in [0.25, 0.3) is 0 Å². The summed E-state index contributed by atoms with van der Waals surface area (Å²) in [6.45, 7) is 5.38. The zero-order valence-electron chi connectivity index (χ0n) is 9.41. The number of amides is 1. The van der Waals surface area contributed by atoms with Gasteiger partial charge in [-0.15, -0.1) is 0 Å². The third-order valence-electron chi connectivity index (χ3n) is 2.11. The highest BCUT2D eigenvalue weighted by Gasteiger charge is 2.24. The fourth-order valence-corrected chi connectivity index (χ4v) is 1.50. The van der Waals surface area contributed by atoms with Gasteiger partial charge in [0.05, 0.1) is 12.0 Å². The molecular weight excluding hydrogens is 192 g/mol. The standard InChI is InChI=1S/C11H16N2O2/c1-11(2,3)15-10(14)13-9-6-4-5-8(9)7-12/h8H,4-6H2,1-3H3/t8-/m1/s1. The summed E-state index contributed by atoms with van der Waals surface area (Å²) in [5, 5.41) is 8.80. The maximum absolute atomic E-state index is 11.4. The quantitative estimate of drug-likeness (QED) is 0.614. The van der Waals surface area contributed by atoms with Crippen molar-refractivity contribution in [2.45, 2.75) is 45.6 Å². The molecule has 1 rings (SSSR count). The first-order chi connectivity index (χ1) is 6.92. The van der Waals surface area contributed by atoms with Crippen LogP contribution in [-0.2, 0) is 4.74 Å². The molecule has 0 saturated heterocycles. The van der Waals surface area contributed by atoms with E-state index in [1.165, 1.54) is 0 Å². The molecule has 0 aromatic heterocycles. The van der Waals surface area contributed by atoms with Gasteiger partial charge >= 0.3 is 6.09 Å². The number of carbonyl (C=O) groups is 1. The molecule has 1 atom stereocenters. The van der Waals surface area contributed by atoms with Gasteiger partial charge in [0.2, 0.25) is 0 Å². The lowest BCUT2D eigenvalue weighted by molar-refractivity contribution is 0.0603. The smallest absolute Gasteiger partial charge is 0.434 e. The average Bonchev–Trinajstić information content (AvgIpc) is 2.48. The molecule has 0 aromatic carbocycles. The van der Waals surface area contributed by atoms with E-state index in [0.29, 0.717) is 5.71 Å². The largest absolute Gasteiger partial charge is 0.442 e. The van der Waals surface area contributed by atoms with E-state index in [1.54, 1.807) is 20.8 Å². The fraction of sp³-hybridized carbons (Fsp3) is 0.727. The molecule has 0 heterocycles. The Hall–Kier alpha value is -1.37. The van der Waals surface area contributed by atoms with Crippen molar-refractivity contribution in [3.63, 3.8) is 0 Å². The van der Waals surface area contributed by atoms with Crippen LogP contribution in [0.4, 0.5) is 4.79 Å². The number of nitrogens with zero attached hydrogens (tertiary/aromatic N) is 2. The van der Waals surface area contributed by atoms with Crippen LogP contribution in [0.5, 0.6) is 0 Å². The summed E-state index contributed by atoms with van der Waals surface area (Å²) in [6.07, 6.45) is 1.88. The Labute approximate surface area is 89.9 Å². The predicted octanol–water partition coefficient (Wildman–Crippen LogP) is 2.69. The molecular formula is C11H16N2O2. The second-order valence-electron chi connectivity index (χ2n) is 4.66. The molecule has 1 fully saturated rings. The number of hydrogen-bond donors (Lipinski definition) is 0. The van der Waals surface area contributed by atoms with Crippen LogP contribution in [0, 0.1) is 17.2 Å². The van der Waals surface area contributed by atoms with Crippen LogP contribution >= 0.6 is 0 Å². The minimum absolute atomic E-state index is 0.197. The Balaban J connectivity index is 2.63. The molecule has 1 aliphatic rings. The van der Waals surface area contributed by atoms with E-state index in [1.807, 2.05) is 0 Å². The van der Waals surface area contributed by atoms with E-state index in [9.17, 15) is 4.79 Å². The Bertz CT molecular complexity index is 320. The van der Waals surface area contributed by atoms with E-state index in [0.717, 1.165) is 19.3 Å². The van der Waals surface area contributed by atoms with Gasteiger partial charge in [-0.1, -0.05) is 0 Å². The third-order valence-corrected chi connectivity index (χ3v) is 2.11.